The molecule has 1 rings (SSSR count). The van der Waals surface area contributed by atoms with E-state index in [2.05, 4.69) is 26.1 Å². The molecule has 0 aromatic heterocycles. The van der Waals surface area contributed by atoms with Crippen LogP contribution in [0.3, 0.4) is 0 Å². The van der Waals surface area contributed by atoms with Crippen molar-refractivity contribution < 1.29 is 9.90 Å². The number of hydrogen-bond donors (Lipinski definition) is 2. The van der Waals surface area contributed by atoms with E-state index >= 15 is 0 Å². The van der Waals surface area contributed by atoms with Gasteiger partial charge in [-0.3, -0.25) is 4.79 Å². The van der Waals surface area contributed by atoms with Crippen LogP contribution in [0.2, 0.25) is 0 Å². The molecule has 0 aromatic rings. The van der Waals surface area contributed by atoms with Crippen LogP contribution >= 0.6 is 0 Å². The van der Waals surface area contributed by atoms with Gasteiger partial charge in [0.2, 0.25) is 5.91 Å². The van der Waals surface area contributed by atoms with Gasteiger partial charge in [-0.1, -0.05) is 0 Å². The van der Waals surface area contributed by atoms with Gasteiger partial charge < -0.3 is 15.3 Å². The minimum absolute atomic E-state index is 0.0179. The van der Waals surface area contributed by atoms with Gasteiger partial charge in [-0.2, -0.15) is 0 Å². The number of carbonyl (C=O) groups is 1. The van der Waals surface area contributed by atoms with Gasteiger partial charge in [-0.25, -0.2) is 0 Å². The van der Waals surface area contributed by atoms with Crippen molar-refractivity contribution in [3.05, 3.63) is 0 Å². The molecule has 0 saturated carbocycles. The summed E-state index contributed by atoms with van der Waals surface area (Å²) in [5, 5.41) is 12.2. The van der Waals surface area contributed by atoms with Gasteiger partial charge in [0.1, 0.15) is 0 Å². The van der Waals surface area contributed by atoms with Gasteiger partial charge in [-0.15, -0.1) is 0 Å². The maximum atomic E-state index is 12.0. The van der Waals surface area contributed by atoms with E-state index in [9.17, 15) is 4.79 Å². The van der Waals surface area contributed by atoms with E-state index in [4.69, 9.17) is 5.11 Å². The maximum Gasteiger partial charge on any atom is 0.236 e. The predicted octanol–water partition coefficient (Wildman–Crippen LogP) is 0.995. The summed E-state index contributed by atoms with van der Waals surface area (Å²) in [5.74, 6) is 0.662. The number of likely N-dealkylation sites (tertiary alicyclic amines) is 1. The standard InChI is InChI=1S/C13H26N2O2/c1-13(2,3)14-9-12(17)15-7-4-5-11(10-15)6-8-16/h11,14,16H,4-10H2,1-3H3. The first-order valence-corrected chi connectivity index (χ1v) is 6.56. The number of carbonyl (C=O) groups excluding carboxylic acids is 1. The van der Waals surface area contributed by atoms with Crippen molar-refractivity contribution in [2.75, 3.05) is 26.2 Å². The molecule has 100 valence electrons. The molecule has 0 aromatic carbocycles. The highest BCUT2D eigenvalue weighted by Crippen LogP contribution is 2.19. The Morgan fingerprint density at radius 3 is 2.76 bits per heavy atom. The summed E-state index contributed by atoms with van der Waals surface area (Å²) in [4.78, 5) is 13.9. The Labute approximate surface area is 104 Å². The van der Waals surface area contributed by atoms with E-state index in [1.54, 1.807) is 0 Å². The Hall–Kier alpha value is -0.610. The Morgan fingerprint density at radius 2 is 2.18 bits per heavy atom. The van der Waals surface area contributed by atoms with Crippen molar-refractivity contribution in [3.63, 3.8) is 0 Å². The molecular weight excluding hydrogens is 216 g/mol. The lowest BCUT2D eigenvalue weighted by molar-refractivity contribution is -0.132. The lowest BCUT2D eigenvalue weighted by Gasteiger charge is -2.33. The summed E-state index contributed by atoms with van der Waals surface area (Å²) in [6.07, 6.45) is 3.01. The van der Waals surface area contributed by atoms with Crippen LogP contribution in [0.1, 0.15) is 40.0 Å². The van der Waals surface area contributed by atoms with Crippen molar-refractivity contribution >= 4 is 5.91 Å². The molecule has 4 heteroatoms. The number of rotatable bonds is 4. The second-order valence-electron chi connectivity index (χ2n) is 5.96. The van der Waals surface area contributed by atoms with Crippen LogP contribution in [0.25, 0.3) is 0 Å². The molecule has 1 fully saturated rings. The van der Waals surface area contributed by atoms with Crippen molar-refractivity contribution in [2.45, 2.75) is 45.6 Å². The highest BCUT2D eigenvalue weighted by atomic mass is 16.3. The highest BCUT2D eigenvalue weighted by Gasteiger charge is 2.23. The smallest absolute Gasteiger partial charge is 0.236 e. The van der Waals surface area contributed by atoms with Gasteiger partial charge in [-0.05, 0) is 46.0 Å². The molecule has 1 atom stereocenters. The number of nitrogens with one attached hydrogen (secondary N) is 1. The van der Waals surface area contributed by atoms with E-state index in [0.29, 0.717) is 12.5 Å². The molecule has 1 unspecified atom stereocenters. The highest BCUT2D eigenvalue weighted by molar-refractivity contribution is 5.78. The Kier molecular flexibility index (Phi) is 5.40. The van der Waals surface area contributed by atoms with Crippen LogP contribution in [0.4, 0.5) is 0 Å². The van der Waals surface area contributed by atoms with Crippen LogP contribution in [0.15, 0.2) is 0 Å². The first-order valence-electron chi connectivity index (χ1n) is 6.56. The van der Waals surface area contributed by atoms with Gasteiger partial charge in [0, 0.05) is 25.2 Å². The fourth-order valence-electron chi connectivity index (χ4n) is 2.16. The molecular formula is C13H26N2O2. The van der Waals surface area contributed by atoms with Crippen LogP contribution in [-0.2, 0) is 4.79 Å². The van der Waals surface area contributed by atoms with Crippen molar-refractivity contribution in [3.8, 4) is 0 Å². The Morgan fingerprint density at radius 1 is 1.47 bits per heavy atom. The summed E-state index contributed by atoms with van der Waals surface area (Å²) in [5.41, 5.74) is -0.0179. The van der Waals surface area contributed by atoms with Crippen LogP contribution in [-0.4, -0.2) is 47.7 Å². The van der Waals surface area contributed by atoms with Crippen LogP contribution < -0.4 is 5.32 Å². The third-order valence-corrected chi connectivity index (χ3v) is 3.18. The summed E-state index contributed by atoms with van der Waals surface area (Å²) < 4.78 is 0. The molecule has 0 radical (unpaired) electrons. The molecule has 2 N–H and O–H groups in total. The summed E-state index contributed by atoms with van der Waals surface area (Å²) in [6, 6.07) is 0. The molecule has 0 spiro atoms. The quantitative estimate of drug-likeness (QED) is 0.773. The zero-order chi connectivity index (χ0) is 12.9. The maximum absolute atomic E-state index is 12.0. The average molecular weight is 242 g/mol. The van der Waals surface area contributed by atoms with E-state index in [1.165, 1.54) is 0 Å². The molecule has 1 aliphatic rings. The third-order valence-electron chi connectivity index (χ3n) is 3.18. The number of nitrogens with zero attached hydrogens (tertiary/aromatic N) is 1. The minimum atomic E-state index is -0.0179. The second-order valence-corrected chi connectivity index (χ2v) is 5.96. The summed E-state index contributed by atoms with van der Waals surface area (Å²) >= 11 is 0. The molecule has 17 heavy (non-hydrogen) atoms. The van der Waals surface area contributed by atoms with Crippen LogP contribution in [0, 0.1) is 5.92 Å². The molecule has 1 aliphatic heterocycles. The van der Waals surface area contributed by atoms with Crippen molar-refractivity contribution in [1.82, 2.24) is 10.2 Å². The minimum Gasteiger partial charge on any atom is -0.396 e. The van der Waals surface area contributed by atoms with Gasteiger partial charge in [0.25, 0.3) is 0 Å². The molecule has 0 bridgehead atoms. The summed E-state index contributed by atoms with van der Waals surface area (Å²) in [6.45, 7) is 8.50. The van der Waals surface area contributed by atoms with E-state index in [0.717, 1.165) is 32.4 Å². The lowest BCUT2D eigenvalue weighted by atomic mass is 9.95. The number of aliphatic hydroxyl groups is 1. The van der Waals surface area contributed by atoms with Crippen molar-refractivity contribution in [2.24, 2.45) is 5.92 Å². The summed E-state index contributed by atoms with van der Waals surface area (Å²) in [7, 11) is 0. The monoisotopic (exact) mass is 242 g/mol. The average Bonchev–Trinajstić information content (AvgIpc) is 2.26. The zero-order valence-electron chi connectivity index (χ0n) is 11.3. The molecule has 1 saturated heterocycles. The molecule has 1 heterocycles. The molecule has 4 nitrogen and oxygen atoms in total. The predicted molar refractivity (Wildman–Crippen MR) is 68.8 cm³/mol. The molecule has 1 amide bonds. The lowest BCUT2D eigenvalue weighted by Crippen LogP contribution is -2.47. The topological polar surface area (TPSA) is 52.6 Å². The van der Waals surface area contributed by atoms with Gasteiger partial charge >= 0.3 is 0 Å². The van der Waals surface area contributed by atoms with Gasteiger partial charge in [0.15, 0.2) is 0 Å². The number of piperidine rings is 1. The normalized spacial score (nSPS) is 21.6. The first-order chi connectivity index (χ1) is 7.92. The fourth-order valence-corrected chi connectivity index (χ4v) is 2.16. The number of aliphatic hydroxyl groups excluding tert-OH is 1. The second kappa shape index (κ2) is 6.36. The Balaban J connectivity index is 2.36. The van der Waals surface area contributed by atoms with E-state index < -0.39 is 0 Å². The zero-order valence-corrected chi connectivity index (χ0v) is 11.3. The molecule has 0 aliphatic carbocycles. The third kappa shape index (κ3) is 5.50. The van der Waals surface area contributed by atoms with E-state index in [1.807, 2.05) is 4.90 Å². The van der Waals surface area contributed by atoms with Crippen molar-refractivity contribution in [1.29, 1.82) is 0 Å². The number of amides is 1. The van der Waals surface area contributed by atoms with Gasteiger partial charge in [0.05, 0.1) is 6.54 Å². The first kappa shape index (κ1) is 14.5. The number of hydrogen-bond acceptors (Lipinski definition) is 3. The fraction of sp³-hybridized carbons (Fsp3) is 0.923. The SMILES string of the molecule is CC(C)(C)NCC(=O)N1CCCC(CCO)C1. The van der Waals surface area contributed by atoms with E-state index in [-0.39, 0.29) is 18.1 Å². The largest absolute Gasteiger partial charge is 0.396 e. The Bertz CT molecular complexity index is 246. The van der Waals surface area contributed by atoms with Crippen LogP contribution in [0.5, 0.6) is 0 Å².